The molecule has 1 N–H and O–H groups in total. The number of unbranched alkanes of at least 4 members (excludes halogenated alkanes) is 1. The molecule has 2 atom stereocenters. The molecule has 0 saturated heterocycles. The Kier molecular flexibility index (Phi) is 4.78. The second-order valence-electron chi connectivity index (χ2n) is 5.30. The molecule has 2 heteroatoms. The minimum Gasteiger partial charge on any atom is -0.508 e. The normalized spacial score (nSPS) is 20.5. The van der Waals surface area contributed by atoms with Gasteiger partial charge in [0.1, 0.15) is 5.75 Å². The average Bonchev–Trinajstić information content (AvgIpc) is 2.42. The predicted molar refractivity (Wildman–Crippen MR) is 77.2 cm³/mol. The van der Waals surface area contributed by atoms with Gasteiger partial charge in [-0.25, -0.2) is 0 Å². The van der Waals surface area contributed by atoms with Crippen molar-refractivity contribution in [2.45, 2.75) is 44.9 Å². The zero-order valence-corrected chi connectivity index (χ0v) is 11.5. The molecule has 0 bridgehead atoms. The van der Waals surface area contributed by atoms with Crippen molar-refractivity contribution in [1.82, 2.24) is 0 Å². The first-order valence-corrected chi connectivity index (χ1v) is 7.22. The second kappa shape index (κ2) is 6.55. The van der Waals surface area contributed by atoms with Gasteiger partial charge < -0.3 is 5.11 Å². The number of phenols is 1. The van der Waals surface area contributed by atoms with Crippen LogP contribution < -0.4 is 0 Å². The summed E-state index contributed by atoms with van der Waals surface area (Å²) >= 11 is 0. The third kappa shape index (κ3) is 3.25. The van der Waals surface area contributed by atoms with Crippen LogP contribution in [0.1, 0.15) is 50.5 Å². The van der Waals surface area contributed by atoms with Crippen molar-refractivity contribution < 1.29 is 9.90 Å². The van der Waals surface area contributed by atoms with Crippen LogP contribution >= 0.6 is 0 Å². The second-order valence-corrected chi connectivity index (χ2v) is 5.30. The maximum Gasteiger partial charge on any atom is 0.159 e. The van der Waals surface area contributed by atoms with Crippen molar-refractivity contribution >= 4 is 5.78 Å². The van der Waals surface area contributed by atoms with Gasteiger partial charge >= 0.3 is 0 Å². The van der Waals surface area contributed by atoms with Crippen LogP contribution in [-0.2, 0) is 4.79 Å². The van der Waals surface area contributed by atoms with E-state index in [0.29, 0.717) is 5.75 Å². The van der Waals surface area contributed by atoms with Crippen LogP contribution in [0.2, 0.25) is 0 Å². The van der Waals surface area contributed by atoms with Gasteiger partial charge in [-0.15, -0.1) is 0 Å². The summed E-state index contributed by atoms with van der Waals surface area (Å²) in [6.07, 6.45) is 8.71. The lowest BCUT2D eigenvalue weighted by Crippen LogP contribution is -2.23. The van der Waals surface area contributed by atoms with Gasteiger partial charge in [0.05, 0.1) is 0 Å². The van der Waals surface area contributed by atoms with Crippen LogP contribution in [0, 0.1) is 5.92 Å². The third-order valence-corrected chi connectivity index (χ3v) is 3.98. The topological polar surface area (TPSA) is 37.3 Å². The molecule has 1 aliphatic rings. The lowest BCUT2D eigenvalue weighted by molar-refractivity contribution is -0.119. The summed E-state index contributed by atoms with van der Waals surface area (Å²) in [4.78, 5) is 12.1. The fraction of sp³-hybridized carbons (Fsp3) is 0.471. The largest absolute Gasteiger partial charge is 0.508 e. The molecule has 2 rings (SSSR count). The monoisotopic (exact) mass is 258 g/mol. The first-order chi connectivity index (χ1) is 9.24. The fourth-order valence-electron chi connectivity index (χ4n) is 2.94. The molecule has 1 aromatic carbocycles. The Labute approximate surface area is 115 Å². The standard InChI is InChI=1S/C17H22O2/c1-2-3-8-13(14-9-4-6-11-16(14)18)15-10-5-7-12-17(15)19/h4,6-7,9,11-13,15,18H,2-3,5,8,10H2,1H3/t13-,15+/m1/s1. The van der Waals surface area contributed by atoms with Gasteiger partial charge in [0, 0.05) is 5.92 Å². The predicted octanol–water partition coefficient (Wildman–Crippen LogP) is 4.20. The lowest BCUT2D eigenvalue weighted by Gasteiger charge is -2.28. The van der Waals surface area contributed by atoms with Gasteiger partial charge in [0.15, 0.2) is 5.78 Å². The molecule has 0 amide bonds. The molecule has 0 aliphatic heterocycles. The van der Waals surface area contributed by atoms with E-state index < -0.39 is 0 Å². The maximum atomic E-state index is 12.1. The molecule has 0 heterocycles. The van der Waals surface area contributed by atoms with Gasteiger partial charge in [-0.3, -0.25) is 4.79 Å². The van der Waals surface area contributed by atoms with Crippen LogP contribution in [-0.4, -0.2) is 10.9 Å². The number of rotatable bonds is 5. The summed E-state index contributed by atoms with van der Waals surface area (Å²) in [6.45, 7) is 2.16. The van der Waals surface area contributed by atoms with Crippen molar-refractivity contribution in [3.05, 3.63) is 42.0 Å². The molecular formula is C17H22O2. The number of hydrogen-bond donors (Lipinski definition) is 1. The Balaban J connectivity index is 2.27. The van der Waals surface area contributed by atoms with Crippen LogP contribution in [0.25, 0.3) is 0 Å². The summed E-state index contributed by atoms with van der Waals surface area (Å²) in [5.41, 5.74) is 0.935. The van der Waals surface area contributed by atoms with Gasteiger partial charge in [0.25, 0.3) is 0 Å². The number of para-hydroxylation sites is 1. The zero-order chi connectivity index (χ0) is 13.7. The Morgan fingerprint density at radius 3 is 2.84 bits per heavy atom. The van der Waals surface area contributed by atoms with Crippen molar-refractivity contribution in [2.24, 2.45) is 5.92 Å². The highest BCUT2D eigenvalue weighted by atomic mass is 16.3. The molecule has 1 aromatic rings. The molecule has 0 fully saturated rings. The third-order valence-electron chi connectivity index (χ3n) is 3.98. The summed E-state index contributed by atoms with van der Waals surface area (Å²) in [5.74, 6) is 0.727. The van der Waals surface area contributed by atoms with E-state index in [0.717, 1.165) is 37.7 Å². The summed E-state index contributed by atoms with van der Waals surface area (Å²) in [6, 6.07) is 7.45. The van der Waals surface area contributed by atoms with Crippen LogP contribution in [0.5, 0.6) is 5.75 Å². The van der Waals surface area contributed by atoms with E-state index in [-0.39, 0.29) is 17.6 Å². The van der Waals surface area contributed by atoms with E-state index in [1.54, 1.807) is 12.1 Å². The highest BCUT2D eigenvalue weighted by molar-refractivity contribution is 5.93. The van der Waals surface area contributed by atoms with E-state index in [4.69, 9.17) is 0 Å². The number of allylic oxidation sites excluding steroid dienone is 2. The number of aromatic hydroxyl groups is 1. The van der Waals surface area contributed by atoms with E-state index in [1.807, 2.05) is 24.3 Å². The first-order valence-electron chi connectivity index (χ1n) is 7.22. The minimum atomic E-state index is 0.0323. The number of ketones is 1. The first kappa shape index (κ1) is 13.9. The molecular weight excluding hydrogens is 236 g/mol. The number of carbonyl (C=O) groups is 1. The number of hydrogen-bond acceptors (Lipinski definition) is 2. The minimum absolute atomic E-state index is 0.0323. The van der Waals surface area contributed by atoms with E-state index in [9.17, 15) is 9.90 Å². The van der Waals surface area contributed by atoms with Gasteiger partial charge in [-0.1, -0.05) is 44.0 Å². The molecule has 2 nitrogen and oxygen atoms in total. The molecule has 1 aliphatic carbocycles. The average molecular weight is 258 g/mol. The SMILES string of the molecule is CCCC[C@H](c1ccccc1O)[C@@H]1CCC=CC1=O. The zero-order valence-electron chi connectivity index (χ0n) is 11.5. The van der Waals surface area contributed by atoms with Crippen molar-refractivity contribution in [3.8, 4) is 5.75 Å². The number of phenolic OH excluding ortho intramolecular Hbond substituents is 1. The highest BCUT2D eigenvalue weighted by Gasteiger charge is 2.30. The summed E-state index contributed by atoms with van der Waals surface area (Å²) in [5, 5.41) is 10.1. The molecule has 0 radical (unpaired) electrons. The Bertz CT molecular complexity index is 462. The molecule has 19 heavy (non-hydrogen) atoms. The van der Waals surface area contributed by atoms with Gasteiger partial charge in [-0.2, -0.15) is 0 Å². The smallest absolute Gasteiger partial charge is 0.159 e. The quantitative estimate of drug-likeness (QED) is 0.859. The van der Waals surface area contributed by atoms with Crippen LogP contribution in [0.15, 0.2) is 36.4 Å². The maximum absolute atomic E-state index is 12.1. The molecule has 0 unspecified atom stereocenters. The lowest BCUT2D eigenvalue weighted by atomic mass is 9.75. The highest BCUT2D eigenvalue weighted by Crippen LogP contribution is 2.39. The van der Waals surface area contributed by atoms with Crippen molar-refractivity contribution in [2.75, 3.05) is 0 Å². The number of carbonyl (C=O) groups excluding carboxylic acids is 1. The van der Waals surface area contributed by atoms with Crippen LogP contribution in [0.4, 0.5) is 0 Å². The molecule has 102 valence electrons. The van der Waals surface area contributed by atoms with Gasteiger partial charge in [-0.05, 0) is 42.9 Å². The molecule has 0 saturated carbocycles. The van der Waals surface area contributed by atoms with Crippen molar-refractivity contribution in [1.29, 1.82) is 0 Å². The van der Waals surface area contributed by atoms with E-state index in [2.05, 4.69) is 6.92 Å². The summed E-state index contributed by atoms with van der Waals surface area (Å²) in [7, 11) is 0. The molecule has 0 spiro atoms. The van der Waals surface area contributed by atoms with Crippen LogP contribution in [0.3, 0.4) is 0 Å². The Hall–Kier alpha value is -1.57. The van der Waals surface area contributed by atoms with E-state index >= 15 is 0 Å². The molecule has 0 aromatic heterocycles. The van der Waals surface area contributed by atoms with Gasteiger partial charge in [0.2, 0.25) is 0 Å². The van der Waals surface area contributed by atoms with Crippen molar-refractivity contribution in [3.63, 3.8) is 0 Å². The Morgan fingerprint density at radius 1 is 1.37 bits per heavy atom. The number of benzene rings is 1. The Morgan fingerprint density at radius 2 is 2.16 bits per heavy atom. The summed E-state index contributed by atoms with van der Waals surface area (Å²) < 4.78 is 0. The van der Waals surface area contributed by atoms with E-state index in [1.165, 1.54) is 0 Å². The fourth-order valence-corrected chi connectivity index (χ4v) is 2.94.